The predicted molar refractivity (Wildman–Crippen MR) is 97.6 cm³/mol. The van der Waals surface area contributed by atoms with E-state index in [1.165, 1.54) is 0 Å². The van der Waals surface area contributed by atoms with Gasteiger partial charge in [0.1, 0.15) is 11.9 Å². The van der Waals surface area contributed by atoms with E-state index >= 15 is 0 Å². The molecule has 2 rings (SSSR count). The molecule has 0 radical (unpaired) electrons. The van der Waals surface area contributed by atoms with Crippen molar-refractivity contribution in [3.63, 3.8) is 0 Å². The van der Waals surface area contributed by atoms with E-state index in [1.807, 2.05) is 24.3 Å². The van der Waals surface area contributed by atoms with Crippen molar-refractivity contribution in [3.8, 4) is 5.75 Å². The third kappa shape index (κ3) is 5.72. The summed E-state index contributed by atoms with van der Waals surface area (Å²) in [6.07, 6.45) is 0.670. The Bertz CT molecular complexity index is 567. The van der Waals surface area contributed by atoms with Crippen molar-refractivity contribution in [2.45, 2.75) is 52.9 Å². The number of rotatable bonds is 7. The second kappa shape index (κ2) is 8.68. The molecule has 3 atom stereocenters. The first-order valence-electron chi connectivity index (χ1n) is 8.95. The Morgan fingerprint density at radius 2 is 2.16 bits per heavy atom. The summed E-state index contributed by atoms with van der Waals surface area (Å²) in [5.74, 6) is 1.06. The highest BCUT2D eigenvalue weighted by atomic mass is 16.5. The molecule has 1 saturated heterocycles. The quantitative estimate of drug-likeness (QED) is 0.821. The fourth-order valence-corrected chi connectivity index (χ4v) is 3.23. The van der Waals surface area contributed by atoms with Crippen LogP contribution in [0.15, 0.2) is 24.3 Å². The first kappa shape index (κ1) is 19.7. The smallest absolute Gasteiger partial charge is 0.248 e. The Hall–Kier alpha value is -1.59. The summed E-state index contributed by atoms with van der Waals surface area (Å²) in [5.41, 5.74) is 1.07. The van der Waals surface area contributed by atoms with Crippen LogP contribution in [0.4, 0.5) is 0 Å². The SMILES string of the molecule is COc1cccc(CO[C@H](C)C(=O)NC[C@@H]2CCO[C@@H]2C(C)(C)C)c1. The van der Waals surface area contributed by atoms with Crippen molar-refractivity contribution >= 4 is 5.91 Å². The van der Waals surface area contributed by atoms with E-state index in [0.717, 1.165) is 24.3 Å². The van der Waals surface area contributed by atoms with Crippen LogP contribution in [0.5, 0.6) is 5.75 Å². The highest BCUT2D eigenvalue weighted by Gasteiger charge is 2.37. The van der Waals surface area contributed by atoms with Gasteiger partial charge in [-0.25, -0.2) is 0 Å². The monoisotopic (exact) mass is 349 g/mol. The molecular formula is C20H31NO4. The largest absolute Gasteiger partial charge is 0.497 e. The van der Waals surface area contributed by atoms with Crippen LogP contribution in [0.25, 0.3) is 0 Å². The van der Waals surface area contributed by atoms with E-state index in [1.54, 1.807) is 14.0 Å². The van der Waals surface area contributed by atoms with Gasteiger partial charge in [0.15, 0.2) is 0 Å². The zero-order chi connectivity index (χ0) is 18.4. The van der Waals surface area contributed by atoms with Crippen molar-refractivity contribution in [2.24, 2.45) is 11.3 Å². The molecule has 0 bridgehead atoms. The molecule has 1 amide bonds. The maximum atomic E-state index is 12.3. The summed E-state index contributed by atoms with van der Waals surface area (Å²) >= 11 is 0. The third-order valence-corrected chi connectivity index (χ3v) is 4.61. The zero-order valence-electron chi connectivity index (χ0n) is 16.0. The maximum absolute atomic E-state index is 12.3. The molecule has 0 aromatic heterocycles. The Morgan fingerprint density at radius 1 is 1.40 bits per heavy atom. The van der Waals surface area contributed by atoms with Gasteiger partial charge in [-0.2, -0.15) is 0 Å². The fraction of sp³-hybridized carbons (Fsp3) is 0.650. The van der Waals surface area contributed by atoms with Gasteiger partial charge in [-0.1, -0.05) is 32.9 Å². The molecule has 5 heteroatoms. The molecule has 0 unspecified atom stereocenters. The number of nitrogens with one attached hydrogen (secondary N) is 1. The number of benzene rings is 1. The van der Waals surface area contributed by atoms with Crippen LogP contribution in [0.2, 0.25) is 0 Å². The Labute approximate surface area is 151 Å². The number of hydrogen-bond donors (Lipinski definition) is 1. The first-order valence-corrected chi connectivity index (χ1v) is 8.95. The number of amides is 1. The maximum Gasteiger partial charge on any atom is 0.248 e. The van der Waals surface area contributed by atoms with E-state index < -0.39 is 6.10 Å². The van der Waals surface area contributed by atoms with E-state index in [9.17, 15) is 4.79 Å². The predicted octanol–water partition coefficient (Wildman–Crippen LogP) is 3.17. The molecule has 5 nitrogen and oxygen atoms in total. The lowest BCUT2D eigenvalue weighted by molar-refractivity contribution is -0.132. The average molecular weight is 349 g/mol. The van der Waals surface area contributed by atoms with Gasteiger partial charge in [-0.3, -0.25) is 4.79 Å². The minimum absolute atomic E-state index is 0.0811. The number of carbonyl (C=O) groups is 1. The van der Waals surface area contributed by atoms with Gasteiger partial charge in [0.05, 0.1) is 19.8 Å². The van der Waals surface area contributed by atoms with Crippen molar-refractivity contribution < 1.29 is 19.0 Å². The Balaban J connectivity index is 1.78. The van der Waals surface area contributed by atoms with Gasteiger partial charge in [-0.15, -0.1) is 0 Å². The van der Waals surface area contributed by atoms with Crippen LogP contribution < -0.4 is 10.1 Å². The van der Waals surface area contributed by atoms with Gasteiger partial charge < -0.3 is 19.5 Å². The second-order valence-corrected chi connectivity index (χ2v) is 7.76. The van der Waals surface area contributed by atoms with Crippen LogP contribution in [0, 0.1) is 11.3 Å². The first-order chi connectivity index (χ1) is 11.8. The molecule has 0 saturated carbocycles. The topological polar surface area (TPSA) is 56.8 Å². The number of hydrogen-bond acceptors (Lipinski definition) is 4. The number of methoxy groups -OCH3 is 1. The van der Waals surface area contributed by atoms with Gasteiger partial charge >= 0.3 is 0 Å². The molecule has 1 fully saturated rings. The molecule has 1 heterocycles. The van der Waals surface area contributed by atoms with Crippen LogP contribution >= 0.6 is 0 Å². The average Bonchev–Trinajstić information content (AvgIpc) is 3.06. The van der Waals surface area contributed by atoms with Crippen molar-refractivity contribution in [1.29, 1.82) is 0 Å². The molecule has 1 aromatic rings. The molecule has 1 aliphatic rings. The third-order valence-electron chi connectivity index (χ3n) is 4.61. The van der Waals surface area contributed by atoms with Gasteiger partial charge in [0, 0.05) is 19.1 Å². The standard InChI is InChI=1S/C20H31NO4/c1-14(25-13-15-7-6-8-17(11-15)23-5)19(22)21-12-16-9-10-24-18(16)20(2,3)4/h6-8,11,14,16,18H,9-10,12-13H2,1-5H3,(H,21,22)/t14-,16+,18+/m1/s1. The Morgan fingerprint density at radius 3 is 2.84 bits per heavy atom. The van der Waals surface area contributed by atoms with Crippen molar-refractivity contribution in [2.75, 3.05) is 20.3 Å². The minimum Gasteiger partial charge on any atom is -0.497 e. The summed E-state index contributed by atoms with van der Waals surface area (Å²) in [4.78, 5) is 12.3. The number of ether oxygens (including phenoxy) is 3. The molecule has 0 aliphatic carbocycles. The van der Waals surface area contributed by atoms with E-state index in [0.29, 0.717) is 19.1 Å². The van der Waals surface area contributed by atoms with Crippen molar-refractivity contribution in [3.05, 3.63) is 29.8 Å². The molecule has 25 heavy (non-hydrogen) atoms. The van der Waals surface area contributed by atoms with Crippen LogP contribution in [0.3, 0.4) is 0 Å². The van der Waals surface area contributed by atoms with E-state index in [2.05, 4.69) is 26.1 Å². The summed E-state index contributed by atoms with van der Waals surface area (Å²) in [6.45, 7) is 10.1. The van der Waals surface area contributed by atoms with E-state index in [-0.39, 0.29) is 17.4 Å². The van der Waals surface area contributed by atoms with Crippen LogP contribution in [-0.4, -0.2) is 38.4 Å². The minimum atomic E-state index is -0.499. The molecular weight excluding hydrogens is 318 g/mol. The zero-order valence-corrected chi connectivity index (χ0v) is 16.0. The van der Waals surface area contributed by atoms with Gasteiger partial charge in [0.2, 0.25) is 5.91 Å². The highest BCUT2D eigenvalue weighted by Crippen LogP contribution is 2.34. The van der Waals surface area contributed by atoms with Crippen LogP contribution in [-0.2, 0) is 20.9 Å². The lowest BCUT2D eigenvalue weighted by atomic mass is 9.81. The normalized spacial score (nSPS) is 21.8. The molecule has 0 spiro atoms. The summed E-state index contributed by atoms with van der Waals surface area (Å²) in [5, 5.41) is 3.02. The lowest BCUT2D eigenvalue weighted by Crippen LogP contribution is -2.42. The van der Waals surface area contributed by atoms with Crippen molar-refractivity contribution in [1.82, 2.24) is 5.32 Å². The number of carbonyl (C=O) groups excluding carboxylic acids is 1. The summed E-state index contributed by atoms with van der Waals surface area (Å²) < 4.78 is 16.8. The fourth-order valence-electron chi connectivity index (χ4n) is 3.23. The van der Waals surface area contributed by atoms with Gasteiger partial charge in [0.25, 0.3) is 0 Å². The summed E-state index contributed by atoms with van der Waals surface area (Å²) in [7, 11) is 1.63. The molecule has 140 valence electrons. The molecule has 1 aliphatic heterocycles. The molecule has 1 aromatic carbocycles. The summed E-state index contributed by atoms with van der Waals surface area (Å²) in [6, 6.07) is 7.66. The lowest BCUT2D eigenvalue weighted by Gasteiger charge is -2.31. The molecule has 1 N–H and O–H groups in total. The van der Waals surface area contributed by atoms with E-state index in [4.69, 9.17) is 14.2 Å². The van der Waals surface area contributed by atoms with Gasteiger partial charge in [-0.05, 0) is 36.5 Å². The second-order valence-electron chi connectivity index (χ2n) is 7.76. The highest BCUT2D eigenvalue weighted by molar-refractivity contribution is 5.80. The van der Waals surface area contributed by atoms with Crippen LogP contribution in [0.1, 0.15) is 39.7 Å². The Kier molecular flexibility index (Phi) is 6.85.